The van der Waals surface area contributed by atoms with Crippen LogP contribution in [0.25, 0.3) is 0 Å². The number of nitrogens with one attached hydrogen (secondary N) is 1. The summed E-state index contributed by atoms with van der Waals surface area (Å²) in [6.45, 7) is 0. The van der Waals surface area contributed by atoms with Gasteiger partial charge in [0.1, 0.15) is 5.75 Å². The molecule has 1 N–H and O–H groups in total. The van der Waals surface area contributed by atoms with Crippen LogP contribution < -0.4 is 15.6 Å². The van der Waals surface area contributed by atoms with Crippen molar-refractivity contribution < 1.29 is 9.53 Å². The van der Waals surface area contributed by atoms with Gasteiger partial charge in [-0.3, -0.25) is 14.9 Å². The van der Waals surface area contributed by atoms with Gasteiger partial charge in [0.25, 0.3) is 11.5 Å². The quantitative estimate of drug-likeness (QED) is 0.937. The predicted molar refractivity (Wildman–Crippen MR) is 80.3 cm³/mol. The second kappa shape index (κ2) is 5.33. The summed E-state index contributed by atoms with van der Waals surface area (Å²) in [5, 5.41) is 5.30. The van der Waals surface area contributed by atoms with Gasteiger partial charge >= 0.3 is 0 Å². The molecule has 110 valence electrons. The lowest BCUT2D eigenvalue weighted by Gasteiger charge is -2.09. The van der Waals surface area contributed by atoms with E-state index in [1.807, 2.05) is 5.38 Å². The molecular formula is C14H15N3O3S. The first-order valence-electron chi connectivity index (χ1n) is 6.60. The third kappa shape index (κ3) is 2.82. The van der Waals surface area contributed by atoms with E-state index >= 15 is 0 Å². The van der Waals surface area contributed by atoms with Crippen LogP contribution >= 0.6 is 11.3 Å². The van der Waals surface area contributed by atoms with E-state index in [0.717, 1.165) is 5.69 Å². The zero-order chi connectivity index (χ0) is 15.0. The molecule has 3 rings (SSSR count). The number of rotatable bonds is 4. The van der Waals surface area contributed by atoms with Crippen molar-refractivity contribution in [3.63, 3.8) is 0 Å². The molecule has 2 aromatic heterocycles. The average molecular weight is 305 g/mol. The molecule has 6 nitrogen and oxygen atoms in total. The minimum absolute atomic E-state index is 0.228. The van der Waals surface area contributed by atoms with Crippen molar-refractivity contribution in [1.29, 1.82) is 0 Å². The highest BCUT2D eigenvalue weighted by molar-refractivity contribution is 7.14. The Kier molecular flexibility index (Phi) is 3.50. The van der Waals surface area contributed by atoms with Crippen molar-refractivity contribution in [1.82, 2.24) is 9.55 Å². The fraction of sp³-hybridized carbons (Fsp3) is 0.357. The van der Waals surface area contributed by atoms with Gasteiger partial charge in [0.05, 0.1) is 18.4 Å². The summed E-state index contributed by atoms with van der Waals surface area (Å²) in [5.74, 6) is 0.479. The van der Waals surface area contributed by atoms with Crippen molar-refractivity contribution in [2.24, 2.45) is 7.05 Å². The summed E-state index contributed by atoms with van der Waals surface area (Å²) in [6, 6.07) is 1.30. The number of nitrogens with zero attached hydrogens (tertiary/aromatic N) is 2. The third-order valence-corrected chi connectivity index (χ3v) is 4.17. The number of carbonyl (C=O) groups is 1. The Hall–Kier alpha value is -2.15. The van der Waals surface area contributed by atoms with Crippen molar-refractivity contribution in [3.05, 3.63) is 39.3 Å². The lowest BCUT2D eigenvalue weighted by atomic mass is 10.2. The number of thiazole rings is 1. The van der Waals surface area contributed by atoms with Crippen LogP contribution in [0.5, 0.6) is 5.75 Å². The van der Waals surface area contributed by atoms with Crippen molar-refractivity contribution in [2.75, 3.05) is 12.4 Å². The number of carbonyl (C=O) groups excluding carboxylic acids is 1. The molecule has 0 aromatic carbocycles. The minimum atomic E-state index is -0.334. The van der Waals surface area contributed by atoms with E-state index < -0.39 is 0 Å². The van der Waals surface area contributed by atoms with Crippen LogP contribution in [-0.4, -0.2) is 22.6 Å². The van der Waals surface area contributed by atoms with Crippen LogP contribution in [0.15, 0.2) is 22.4 Å². The summed E-state index contributed by atoms with van der Waals surface area (Å²) < 4.78 is 6.44. The zero-order valence-electron chi connectivity index (χ0n) is 11.8. The van der Waals surface area contributed by atoms with Crippen molar-refractivity contribution in [2.45, 2.75) is 18.8 Å². The zero-order valence-corrected chi connectivity index (χ0v) is 12.6. The summed E-state index contributed by atoms with van der Waals surface area (Å²) in [5.41, 5.74) is 1.12. The summed E-state index contributed by atoms with van der Waals surface area (Å²) >= 11 is 1.41. The average Bonchev–Trinajstić information content (AvgIpc) is 3.22. The number of pyridine rings is 1. The van der Waals surface area contributed by atoms with Gasteiger partial charge in [0.2, 0.25) is 0 Å². The summed E-state index contributed by atoms with van der Waals surface area (Å²) in [6.07, 6.45) is 3.81. The molecule has 0 radical (unpaired) electrons. The Morgan fingerprint density at radius 3 is 2.95 bits per heavy atom. The summed E-state index contributed by atoms with van der Waals surface area (Å²) in [7, 11) is 3.02. The topological polar surface area (TPSA) is 73.2 Å². The van der Waals surface area contributed by atoms with E-state index in [0.29, 0.717) is 16.6 Å². The maximum atomic E-state index is 12.3. The van der Waals surface area contributed by atoms with E-state index in [4.69, 9.17) is 4.74 Å². The second-order valence-corrected chi connectivity index (χ2v) is 5.87. The molecular weight excluding hydrogens is 290 g/mol. The van der Waals surface area contributed by atoms with Gasteiger partial charge < -0.3 is 9.30 Å². The first kappa shape index (κ1) is 13.8. The molecule has 0 saturated heterocycles. The Labute approximate surface area is 125 Å². The highest BCUT2D eigenvalue weighted by Crippen LogP contribution is 2.40. The number of hydrogen-bond acceptors (Lipinski definition) is 5. The van der Waals surface area contributed by atoms with E-state index in [9.17, 15) is 9.59 Å². The molecule has 0 unspecified atom stereocenters. The molecule has 0 atom stereocenters. The standard InChI is InChI=1S/C14H15N3O3S/c1-17-6-9(11(20-2)5-12(17)18)13(19)16-14-15-10(7-21-14)8-3-4-8/h5-8H,3-4H2,1-2H3,(H,15,16,19). The molecule has 2 aromatic rings. The smallest absolute Gasteiger partial charge is 0.262 e. The Morgan fingerprint density at radius 2 is 2.29 bits per heavy atom. The highest BCUT2D eigenvalue weighted by atomic mass is 32.1. The van der Waals surface area contributed by atoms with Gasteiger partial charge in [-0.1, -0.05) is 0 Å². The molecule has 0 bridgehead atoms. The molecule has 1 aliphatic carbocycles. The van der Waals surface area contributed by atoms with Gasteiger partial charge in [0, 0.05) is 30.6 Å². The lowest BCUT2D eigenvalue weighted by molar-refractivity contribution is 0.102. The molecule has 0 aliphatic heterocycles. The molecule has 1 aliphatic rings. The molecule has 0 spiro atoms. The van der Waals surface area contributed by atoms with E-state index in [1.165, 1.54) is 48.1 Å². The van der Waals surface area contributed by atoms with Gasteiger partial charge in [-0.2, -0.15) is 0 Å². The molecule has 21 heavy (non-hydrogen) atoms. The molecule has 1 saturated carbocycles. The van der Waals surface area contributed by atoms with Crippen molar-refractivity contribution in [3.8, 4) is 5.75 Å². The number of hydrogen-bond donors (Lipinski definition) is 1. The number of ether oxygens (including phenoxy) is 1. The predicted octanol–water partition coefficient (Wildman–Crippen LogP) is 1.98. The molecule has 2 heterocycles. The number of methoxy groups -OCH3 is 1. The van der Waals surface area contributed by atoms with Gasteiger partial charge in [-0.05, 0) is 12.8 Å². The first-order valence-corrected chi connectivity index (χ1v) is 7.48. The lowest BCUT2D eigenvalue weighted by Crippen LogP contribution is -2.21. The van der Waals surface area contributed by atoms with Crippen molar-refractivity contribution >= 4 is 22.4 Å². The number of aromatic nitrogens is 2. The van der Waals surface area contributed by atoms with Crippen LogP contribution in [-0.2, 0) is 7.05 Å². The van der Waals surface area contributed by atoms with Crippen LogP contribution in [0.4, 0.5) is 5.13 Å². The van der Waals surface area contributed by atoms with Crippen LogP contribution in [0.3, 0.4) is 0 Å². The van der Waals surface area contributed by atoms with Gasteiger partial charge in [0.15, 0.2) is 5.13 Å². The normalized spacial score (nSPS) is 14.0. The third-order valence-electron chi connectivity index (χ3n) is 3.39. The highest BCUT2D eigenvalue weighted by Gasteiger charge is 2.26. The van der Waals surface area contributed by atoms with Gasteiger partial charge in [-0.25, -0.2) is 4.98 Å². The Morgan fingerprint density at radius 1 is 1.52 bits per heavy atom. The largest absolute Gasteiger partial charge is 0.496 e. The second-order valence-electron chi connectivity index (χ2n) is 5.01. The minimum Gasteiger partial charge on any atom is -0.496 e. The fourth-order valence-corrected chi connectivity index (χ4v) is 2.81. The maximum absolute atomic E-state index is 12.3. The van der Waals surface area contributed by atoms with E-state index in [2.05, 4.69) is 10.3 Å². The number of anilines is 1. The van der Waals surface area contributed by atoms with E-state index in [1.54, 1.807) is 7.05 Å². The van der Waals surface area contributed by atoms with Crippen LogP contribution in [0, 0.1) is 0 Å². The monoisotopic (exact) mass is 305 g/mol. The van der Waals surface area contributed by atoms with E-state index in [-0.39, 0.29) is 17.2 Å². The fourth-order valence-electron chi connectivity index (χ4n) is 2.03. The molecule has 1 fully saturated rings. The van der Waals surface area contributed by atoms with Crippen LogP contribution in [0.2, 0.25) is 0 Å². The maximum Gasteiger partial charge on any atom is 0.262 e. The SMILES string of the molecule is COc1cc(=O)n(C)cc1C(=O)Nc1nc(C2CC2)cs1. The first-order chi connectivity index (χ1) is 10.1. The number of amides is 1. The molecule has 1 amide bonds. The number of aryl methyl sites for hydroxylation is 1. The molecule has 7 heteroatoms. The Bertz CT molecular complexity index is 746. The summed E-state index contributed by atoms with van der Waals surface area (Å²) in [4.78, 5) is 28.3. The Balaban J connectivity index is 1.83. The van der Waals surface area contributed by atoms with Crippen LogP contribution in [0.1, 0.15) is 34.8 Å². The van der Waals surface area contributed by atoms with Gasteiger partial charge in [-0.15, -0.1) is 11.3 Å².